The van der Waals surface area contributed by atoms with Crippen LogP contribution in [0.4, 0.5) is 0 Å². The van der Waals surface area contributed by atoms with Crippen molar-refractivity contribution in [3.8, 4) is 6.07 Å². The SMILES string of the molecule is N#CCc1ccc(S(=O)(=O)NCC2(c3cccc(Cl)c3)CO2)cc1. The van der Waals surface area contributed by atoms with E-state index in [2.05, 4.69) is 4.72 Å². The minimum atomic E-state index is -3.65. The maximum Gasteiger partial charge on any atom is 0.240 e. The quantitative estimate of drug-likeness (QED) is 0.801. The number of nitrogens with one attached hydrogen (secondary N) is 1. The predicted molar refractivity (Wildman–Crippen MR) is 90.0 cm³/mol. The highest BCUT2D eigenvalue weighted by Gasteiger charge is 2.47. The van der Waals surface area contributed by atoms with Gasteiger partial charge in [0.1, 0.15) is 5.60 Å². The fourth-order valence-electron chi connectivity index (χ4n) is 2.40. The molecule has 2 aromatic rings. The van der Waals surface area contributed by atoms with E-state index in [1.807, 2.05) is 18.2 Å². The Bertz CT molecular complexity index is 885. The van der Waals surface area contributed by atoms with Gasteiger partial charge in [0.15, 0.2) is 0 Å². The van der Waals surface area contributed by atoms with Crippen LogP contribution in [0.1, 0.15) is 11.1 Å². The standard InChI is InChI=1S/C17H15ClN2O3S/c18-15-3-1-2-14(10-15)17(12-23-17)11-20-24(21,22)16-6-4-13(5-7-16)8-9-19/h1-7,10,20H,8,11-12H2. The van der Waals surface area contributed by atoms with Gasteiger partial charge >= 0.3 is 0 Å². The van der Waals surface area contributed by atoms with Crippen molar-refractivity contribution in [2.45, 2.75) is 16.9 Å². The van der Waals surface area contributed by atoms with E-state index in [4.69, 9.17) is 21.6 Å². The summed E-state index contributed by atoms with van der Waals surface area (Å²) in [6.07, 6.45) is 0.249. The van der Waals surface area contributed by atoms with Crippen molar-refractivity contribution in [2.24, 2.45) is 0 Å². The number of sulfonamides is 1. The van der Waals surface area contributed by atoms with Crippen LogP contribution in [0.3, 0.4) is 0 Å². The summed E-state index contributed by atoms with van der Waals surface area (Å²) in [6, 6.07) is 15.5. The van der Waals surface area contributed by atoms with E-state index in [-0.39, 0.29) is 17.9 Å². The zero-order valence-electron chi connectivity index (χ0n) is 12.7. The Balaban J connectivity index is 1.72. The molecule has 0 saturated carbocycles. The van der Waals surface area contributed by atoms with Crippen LogP contribution in [-0.2, 0) is 26.8 Å². The average molecular weight is 363 g/mol. The number of rotatable bonds is 6. The summed E-state index contributed by atoms with van der Waals surface area (Å²) in [5, 5.41) is 9.24. The number of hydrogen-bond donors (Lipinski definition) is 1. The molecule has 1 aliphatic heterocycles. The minimum absolute atomic E-state index is 0.135. The number of epoxide rings is 1. The highest BCUT2D eigenvalue weighted by Crippen LogP contribution is 2.39. The van der Waals surface area contributed by atoms with Crippen LogP contribution < -0.4 is 4.72 Å². The van der Waals surface area contributed by atoms with E-state index in [9.17, 15) is 8.42 Å². The van der Waals surface area contributed by atoms with Crippen molar-refractivity contribution in [1.29, 1.82) is 5.26 Å². The van der Waals surface area contributed by atoms with Crippen LogP contribution in [0, 0.1) is 11.3 Å². The minimum Gasteiger partial charge on any atom is -0.363 e. The fraction of sp³-hybridized carbons (Fsp3) is 0.235. The van der Waals surface area contributed by atoms with Crippen LogP contribution in [0.2, 0.25) is 5.02 Å². The molecule has 0 amide bonds. The molecule has 1 aliphatic rings. The Morgan fingerprint density at radius 1 is 1.25 bits per heavy atom. The maximum atomic E-state index is 12.4. The van der Waals surface area contributed by atoms with E-state index in [0.717, 1.165) is 11.1 Å². The molecule has 0 bridgehead atoms. The van der Waals surface area contributed by atoms with Gasteiger partial charge in [-0.05, 0) is 35.4 Å². The van der Waals surface area contributed by atoms with Crippen molar-refractivity contribution >= 4 is 21.6 Å². The molecule has 5 nitrogen and oxygen atoms in total. The number of benzene rings is 2. The number of hydrogen-bond acceptors (Lipinski definition) is 4. The van der Waals surface area contributed by atoms with Crippen molar-refractivity contribution in [3.63, 3.8) is 0 Å². The fourth-order valence-corrected chi connectivity index (χ4v) is 3.68. The Kier molecular flexibility index (Phi) is 4.61. The second-order valence-corrected chi connectivity index (χ2v) is 7.80. The third kappa shape index (κ3) is 3.60. The lowest BCUT2D eigenvalue weighted by Crippen LogP contribution is -2.33. The smallest absolute Gasteiger partial charge is 0.240 e. The molecule has 1 unspecified atom stereocenters. The van der Waals surface area contributed by atoms with Crippen LogP contribution in [-0.4, -0.2) is 21.6 Å². The van der Waals surface area contributed by atoms with Crippen molar-refractivity contribution in [3.05, 3.63) is 64.7 Å². The largest absolute Gasteiger partial charge is 0.363 e. The first kappa shape index (κ1) is 16.9. The van der Waals surface area contributed by atoms with Gasteiger partial charge in [-0.25, -0.2) is 13.1 Å². The average Bonchev–Trinajstić information content (AvgIpc) is 3.35. The lowest BCUT2D eigenvalue weighted by Gasteiger charge is -2.14. The summed E-state index contributed by atoms with van der Waals surface area (Å²) in [7, 11) is -3.65. The lowest BCUT2D eigenvalue weighted by molar-refractivity contribution is 0.308. The molecule has 0 spiro atoms. The first-order valence-electron chi connectivity index (χ1n) is 7.31. The molecule has 1 heterocycles. The zero-order chi connectivity index (χ0) is 17.2. The van der Waals surface area contributed by atoms with Crippen LogP contribution in [0.15, 0.2) is 53.4 Å². The maximum absolute atomic E-state index is 12.4. The van der Waals surface area contributed by atoms with E-state index in [1.165, 1.54) is 12.1 Å². The van der Waals surface area contributed by atoms with Gasteiger partial charge < -0.3 is 4.74 Å². The van der Waals surface area contributed by atoms with Gasteiger partial charge in [-0.2, -0.15) is 5.26 Å². The van der Waals surface area contributed by atoms with Gasteiger partial charge in [0.25, 0.3) is 0 Å². The third-order valence-electron chi connectivity index (χ3n) is 3.91. The molecule has 1 N–H and O–H groups in total. The van der Waals surface area contributed by atoms with E-state index in [1.54, 1.807) is 24.3 Å². The zero-order valence-corrected chi connectivity index (χ0v) is 14.3. The molecular formula is C17H15ClN2O3S. The number of nitriles is 1. The molecular weight excluding hydrogens is 348 g/mol. The van der Waals surface area contributed by atoms with Gasteiger partial charge in [-0.1, -0.05) is 35.9 Å². The Labute approximate surface area is 145 Å². The van der Waals surface area contributed by atoms with E-state index in [0.29, 0.717) is 11.6 Å². The molecule has 24 heavy (non-hydrogen) atoms. The normalized spacial score (nSPS) is 19.7. The molecule has 1 fully saturated rings. The summed E-state index contributed by atoms with van der Waals surface area (Å²) < 4.78 is 32.9. The molecule has 124 valence electrons. The Morgan fingerprint density at radius 3 is 2.54 bits per heavy atom. The second kappa shape index (κ2) is 6.54. The number of ether oxygens (including phenoxy) is 1. The number of nitrogens with zero attached hydrogens (tertiary/aromatic N) is 1. The molecule has 0 aromatic heterocycles. The molecule has 7 heteroatoms. The molecule has 1 saturated heterocycles. The molecule has 1 atom stereocenters. The Morgan fingerprint density at radius 2 is 1.96 bits per heavy atom. The predicted octanol–water partition coefficient (Wildman–Crippen LogP) is 2.61. The van der Waals surface area contributed by atoms with Gasteiger partial charge in [-0.15, -0.1) is 0 Å². The number of halogens is 1. The summed E-state index contributed by atoms with van der Waals surface area (Å²) in [4.78, 5) is 0.158. The first-order chi connectivity index (χ1) is 11.5. The van der Waals surface area contributed by atoms with Crippen molar-refractivity contribution in [2.75, 3.05) is 13.2 Å². The van der Waals surface area contributed by atoms with Crippen LogP contribution in [0.25, 0.3) is 0 Å². The molecule has 0 aliphatic carbocycles. The van der Waals surface area contributed by atoms with Gasteiger partial charge in [-0.3, -0.25) is 0 Å². The highest BCUT2D eigenvalue weighted by molar-refractivity contribution is 7.89. The van der Waals surface area contributed by atoms with Gasteiger partial charge in [0.05, 0.1) is 24.0 Å². The van der Waals surface area contributed by atoms with E-state index >= 15 is 0 Å². The summed E-state index contributed by atoms with van der Waals surface area (Å²) in [6.45, 7) is 0.576. The lowest BCUT2D eigenvalue weighted by atomic mass is 10.0. The highest BCUT2D eigenvalue weighted by atomic mass is 35.5. The third-order valence-corrected chi connectivity index (χ3v) is 5.56. The summed E-state index contributed by atoms with van der Waals surface area (Å²) in [5.41, 5.74) is 0.970. The Hall–Kier alpha value is -1.91. The topological polar surface area (TPSA) is 82.5 Å². The second-order valence-electron chi connectivity index (χ2n) is 5.60. The van der Waals surface area contributed by atoms with Crippen LogP contribution in [0.5, 0.6) is 0 Å². The summed E-state index contributed by atoms with van der Waals surface area (Å²) >= 11 is 5.99. The monoisotopic (exact) mass is 362 g/mol. The van der Waals surface area contributed by atoms with Crippen molar-refractivity contribution < 1.29 is 13.2 Å². The molecule has 3 rings (SSSR count). The summed E-state index contributed by atoms with van der Waals surface area (Å²) in [5.74, 6) is 0. The van der Waals surface area contributed by atoms with Crippen molar-refractivity contribution in [1.82, 2.24) is 4.72 Å². The van der Waals surface area contributed by atoms with E-state index < -0.39 is 15.6 Å². The van der Waals surface area contributed by atoms with Gasteiger partial charge in [0.2, 0.25) is 10.0 Å². The van der Waals surface area contributed by atoms with Crippen LogP contribution >= 0.6 is 11.6 Å². The molecule has 2 aromatic carbocycles. The first-order valence-corrected chi connectivity index (χ1v) is 9.17. The molecule has 0 radical (unpaired) electrons. The van der Waals surface area contributed by atoms with Gasteiger partial charge in [0, 0.05) is 11.6 Å².